The van der Waals surface area contributed by atoms with Crippen molar-refractivity contribution in [1.29, 1.82) is 0 Å². The van der Waals surface area contributed by atoms with E-state index in [2.05, 4.69) is 11.8 Å². The first-order chi connectivity index (χ1) is 13.0. The van der Waals surface area contributed by atoms with Gasteiger partial charge >= 0.3 is 5.97 Å². The number of hydrogen-bond donors (Lipinski definition) is 0. The summed E-state index contributed by atoms with van der Waals surface area (Å²) in [6.07, 6.45) is 6.62. The minimum absolute atomic E-state index is 0.258. The number of benzene rings is 1. The maximum Gasteiger partial charge on any atom is 0.311 e. The number of methoxy groups -OCH3 is 2. The van der Waals surface area contributed by atoms with Gasteiger partial charge in [0.15, 0.2) is 11.5 Å². The summed E-state index contributed by atoms with van der Waals surface area (Å²) in [6.45, 7) is 3.73. The van der Waals surface area contributed by atoms with Crippen LogP contribution in [-0.2, 0) is 4.79 Å². The summed E-state index contributed by atoms with van der Waals surface area (Å²) in [5.74, 6) is 1.69. The first kappa shape index (κ1) is 23.1. The molecule has 1 aromatic rings. The predicted molar refractivity (Wildman–Crippen MR) is 107 cm³/mol. The van der Waals surface area contributed by atoms with Gasteiger partial charge in [0.1, 0.15) is 5.75 Å². The number of carbonyl (C=O) groups excluding carboxylic acids is 1. The second-order valence-electron chi connectivity index (χ2n) is 6.80. The molecule has 0 amide bonds. The quantitative estimate of drug-likeness (QED) is 0.272. The van der Waals surface area contributed by atoms with E-state index in [9.17, 15) is 4.79 Å². The van der Waals surface area contributed by atoms with Crippen LogP contribution < -0.4 is 18.9 Å². The zero-order chi connectivity index (χ0) is 20.1. The molecule has 0 spiro atoms. The van der Waals surface area contributed by atoms with Crippen molar-refractivity contribution < 1.29 is 23.7 Å². The molecule has 0 aliphatic carbocycles. The first-order valence-electron chi connectivity index (χ1n) is 9.76. The molecule has 0 aliphatic heterocycles. The van der Waals surface area contributed by atoms with Crippen molar-refractivity contribution in [3.05, 3.63) is 12.1 Å². The van der Waals surface area contributed by atoms with Crippen LogP contribution in [-0.4, -0.2) is 52.3 Å². The van der Waals surface area contributed by atoms with Crippen molar-refractivity contribution in [1.82, 2.24) is 4.90 Å². The second kappa shape index (κ2) is 13.3. The molecule has 0 aliphatic rings. The fraction of sp³-hybridized carbons (Fsp3) is 0.667. The normalized spacial score (nSPS) is 10.7. The number of nitrogens with zero attached hydrogens (tertiary/aromatic N) is 1. The van der Waals surface area contributed by atoms with Gasteiger partial charge in [0.2, 0.25) is 5.75 Å². The van der Waals surface area contributed by atoms with Crippen molar-refractivity contribution in [2.45, 2.75) is 51.9 Å². The van der Waals surface area contributed by atoms with E-state index in [4.69, 9.17) is 18.9 Å². The molecular weight excluding hydrogens is 346 g/mol. The lowest BCUT2D eigenvalue weighted by molar-refractivity contribution is -0.134. The molecule has 0 bridgehead atoms. The van der Waals surface area contributed by atoms with Crippen LogP contribution in [0.15, 0.2) is 12.1 Å². The van der Waals surface area contributed by atoms with Crippen molar-refractivity contribution >= 4 is 5.97 Å². The molecule has 6 nitrogen and oxygen atoms in total. The lowest BCUT2D eigenvalue weighted by Gasteiger charge is -2.16. The Kier molecular flexibility index (Phi) is 11.3. The lowest BCUT2D eigenvalue weighted by Crippen LogP contribution is -2.14. The van der Waals surface area contributed by atoms with Crippen LogP contribution in [0.3, 0.4) is 0 Å². The Morgan fingerprint density at radius 3 is 2.19 bits per heavy atom. The van der Waals surface area contributed by atoms with Gasteiger partial charge in [-0.1, -0.05) is 26.2 Å². The second-order valence-corrected chi connectivity index (χ2v) is 6.80. The molecule has 0 aromatic heterocycles. The van der Waals surface area contributed by atoms with E-state index in [1.54, 1.807) is 26.4 Å². The molecule has 154 valence electrons. The SMILES string of the molecule is CCCCCCOc1c(OC)cc(OC(=O)CCCCN(C)C)cc1OC. The van der Waals surface area contributed by atoms with Crippen LogP contribution in [0.1, 0.15) is 51.9 Å². The van der Waals surface area contributed by atoms with Gasteiger partial charge in [-0.3, -0.25) is 4.79 Å². The zero-order valence-corrected chi connectivity index (χ0v) is 17.5. The molecule has 0 unspecified atom stereocenters. The maximum absolute atomic E-state index is 12.1. The molecular formula is C21H35NO5. The highest BCUT2D eigenvalue weighted by molar-refractivity contribution is 5.73. The van der Waals surface area contributed by atoms with Gasteiger partial charge in [-0.05, 0) is 39.9 Å². The van der Waals surface area contributed by atoms with Crippen LogP contribution in [0.4, 0.5) is 0 Å². The van der Waals surface area contributed by atoms with Crippen molar-refractivity contribution in [3.8, 4) is 23.0 Å². The maximum atomic E-state index is 12.1. The van der Waals surface area contributed by atoms with Gasteiger partial charge in [0.05, 0.1) is 20.8 Å². The first-order valence-corrected chi connectivity index (χ1v) is 9.76. The van der Waals surface area contributed by atoms with E-state index in [0.29, 0.717) is 36.0 Å². The summed E-state index contributed by atoms with van der Waals surface area (Å²) in [5, 5.41) is 0. The predicted octanol–water partition coefficient (Wildman–Crippen LogP) is 4.30. The van der Waals surface area contributed by atoms with E-state index < -0.39 is 0 Å². The van der Waals surface area contributed by atoms with Crippen LogP contribution in [0.5, 0.6) is 23.0 Å². The fourth-order valence-electron chi connectivity index (χ4n) is 2.64. The molecule has 0 N–H and O–H groups in total. The fourth-order valence-corrected chi connectivity index (χ4v) is 2.64. The molecule has 0 saturated heterocycles. The minimum Gasteiger partial charge on any atom is -0.493 e. The number of carbonyl (C=O) groups is 1. The average Bonchev–Trinajstić information content (AvgIpc) is 2.65. The number of hydrogen-bond acceptors (Lipinski definition) is 6. The molecule has 0 heterocycles. The van der Waals surface area contributed by atoms with E-state index in [1.807, 2.05) is 14.1 Å². The van der Waals surface area contributed by atoms with Gasteiger partial charge in [0, 0.05) is 18.6 Å². The van der Waals surface area contributed by atoms with Crippen molar-refractivity contribution in [2.75, 3.05) is 41.5 Å². The van der Waals surface area contributed by atoms with Crippen LogP contribution in [0.2, 0.25) is 0 Å². The highest BCUT2D eigenvalue weighted by Gasteiger charge is 2.16. The molecule has 0 fully saturated rings. The Hall–Kier alpha value is -1.95. The van der Waals surface area contributed by atoms with Crippen molar-refractivity contribution in [2.24, 2.45) is 0 Å². The molecule has 0 saturated carbocycles. The molecule has 0 atom stereocenters. The standard InChI is InChI=1S/C21H35NO5/c1-6-7-8-11-14-26-21-18(24-4)15-17(16-19(21)25-5)27-20(23)12-9-10-13-22(2)3/h15-16H,6-14H2,1-5H3. The van der Waals surface area contributed by atoms with Gasteiger partial charge in [-0.2, -0.15) is 0 Å². The number of esters is 1. The van der Waals surface area contributed by atoms with Gasteiger partial charge < -0.3 is 23.8 Å². The largest absolute Gasteiger partial charge is 0.493 e. The number of unbranched alkanes of at least 4 members (excludes halogenated alkanes) is 4. The van der Waals surface area contributed by atoms with Crippen molar-refractivity contribution in [3.63, 3.8) is 0 Å². The third-order valence-electron chi connectivity index (χ3n) is 4.15. The molecule has 0 radical (unpaired) electrons. The summed E-state index contributed by atoms with van der Waals surface area (Å²) >= 11 is 0. The summed E-state index contributed by atoms with van der Waals surface area (Å²) in [6, 6.07) is 3.34. The Balaban J connectivity index is 2.67. The van der Waals surface area contributed by atoms with Crippen LogP contribution in [0.25, 0.3) is 0 Å². The van der Waals surface area contributed by atoms with E-state index in [0.717, 1.165) is 32.2 Å². The zero-order valence-electron chi connectivity index (χ0n) is 17.5. The highest BCUT2D eigenvalue weighted by atomic mass is 16.5. The van der Waals surface area contributed by atoms with Gasteiger partial charge in [0.25, 0.3) is 0 Å². The Morgan fingerprint density at radius 1 is 0.963 bits per heavy atom. The topological polar surface area (TPSA) is 57.2 Å². The molecule has 27 heavy (non-hydrogen) atoms. The van der Waals surface area contributed by atoms with E-state index >= 15 is 0 Å². The molecule has 6 heteroatoms. The van der Waals surface area contributed by atoms with Gasteiger partial charge in [-0.15, -0.1) is 0 Å². The van der Waals surface area contributed by atoms with E-state index in [-0.39, 0.29) is 5.97 Å². The average molecular weight is 382 g/mol. The monoisotopic (exact) mass is 381 g/mol. The molecule has 1 aromatic carbocycles. The summed E-state index contributed by atoms with van der Waals surface area (Å²) in [5.41, 5.74) is 0. The number of ether oxygens (including phenoxy) is 4. The summed E-state index contributed by atoms with van der Waals surface area (Å²) in [4.78, 5) is 14.2. The Labute approximate surface area is 163 Å². The highest BCUT2D eigenvalue weighted by Crippen LogP contribution is 2.41. The summed E-state index contributed by atoms with van der Waals surface area (Å²) < 4.78 is 22.1. The third kappa shape index (κ3) is 9.00. The molecule has 1 rings (SSSR count). The van der Waals surface area contributed by atoms with Gasteiger partial charge in [-0.25, -0.2) is 0 Å². The summed E-state index contributed by atoms with van der Waals surface area (Å²) in [7, 11) is 7.16. The van der Waals surface area contributed by atoms with Crippen LogP contribution in [0, 0.1) is 0 Å². The Bertz CT molecular complexity index is 534. The lowest BCUT2D eigenvalue weighted by atomic mass is 10.2. The Morgan fingerprint density at radius 2 is 1.63 bits per heavy atom. The minimum atomic E-state index is -0.258. The third-order valence-corrected chi connectivity index (χ3v) is 4.15. The smallest absolute Gasteiger partial charge is 0.311 e. The van der Waals surface area contributed by atoms with Crippen LogP contribution >= 0.6 is 0 Å². The van der Waals surface area contributed by atoms with E-state index in [1.165, 1.54) is 12.8 Å². The number of rotatable bonds is 14.